The van der Waals surface area contributed by atoms with Crippen LogP contribution in [0.4, 0.5) is 14.5 Å². The smallest absolute Gasteiger partial charge is 0.387 e. The molecule has 0 aliphatic carbocycles. The van der Waals surface area contributed by atoms with Gasteiger partial charge in [0.2, 0.25) is 0 Å². The molecular weight excluding hydrogens is 330 g/mol. The average molecular weight is 351 g/mol. The van der Waals surface area contributed by atoms with Crippen molar-refractivity contribution in [1.82, 2.24) is 0 Å². The van der Waals surface area contributed by atoms with Crippen LogP contribution in [0.5, 0.6) is 11.5 Å². The van der Waals surface area contributed by atoms with Gasteiger partial charge in [-0.05, 0) is 48.5 Å². The zero-order valence-electron chi connectivity index (χ0n) is 14.1. The molecule has 2 aromatic carbocycles. The topological polar surface area (TPSA) is 52.0 Å². The summed E-state index contributed by atoms with van der Waals surface area (Å²) in [6.07, 6.45) is 0. The molecule has 1 amide bonds. The number of ether oxygens (including phenoxy) is 2. The molecule has 0 aliphatic rings. The molecule has 0 fully saturated rings. The van der Waals surface area contributed by atoms with E-state index in [1.807, 2.05) is 7.05 Å². The van der Waals surface area contributed by atoms with Crippen LogP contribution in [0.1, 0.15) is 5.56 Å². The van der Waals surface area contributed by atoms with Crippen LogP contribution in [0, 0.1) is 0 Å². The lowest BCUT2D eigenvalue weighted by atomic mass is 10.2. The van der Waals surface area contributed by atoms with Crippen molar-refractivity contribution in [3.05, 3.63) is 54.1 Å². The van der Waals surface area contributed by atoms with E-state index in [9.17, 15) is 13.6 Å². The number of amides is 1. The number of likely N-dealkylation sites (N-methyl/N-ethyl adjacent to an activating group) is 1. The van der Waals surface area contributed by atoms with E-state index < -0.39 is 6.61 Å². The fourth-order valence-electron chi connectivity index (χ4n) is 2.35. The number of benzene rings is 2. The van der Waals surface area contributed by atoms with Gasteiger partial charge in [-0.1, -0.05) is 0 Å². The Balaban J connectivity index is 1.82. The number of carbonyl (C=O) groups excluding carboxylic acids is 1. The number of rotatable bonds is 8. The van der Waals surface area contributed by atoms with E-state index in [2.05, 4.69) is 10.1 Å². The first-order valence-corrected chi connectivity index (χ1v) is 7.75. The summed E-state index contributed by atoms with van der Waals surface area (Å²) in [5.74, 6) is 0.731. The Morgan fingerprint density at radius 2 is 1.68 bits per heavy atom. The largest absolute Gasteiger partial charge is 0.497 e. The Kier molecular flexibility index (Phi) is 6.71. The zero-order chi connectivity index (χ0) is 18.2. The molecule has 25 heavy (non-hydrogen) atoms. The van der Waals surface area contributed by atoms with E-state index in [1.165, 1.54) is 12.1 Å². The molecule has 0 radical (unpaired) electrons. The first-order valence-electron chi connectivity index (χ1n) is 7.75. The molecule has 5 nitrogen and oxygen atoms in total. The third-order valence-corrected chi connectivity index (χ3v) is 3.49. The molecule has 0 saturated heterocycles. The minimum absolute atomic E-state index is 0.111. The van der Waals surface area contributed by atoms with E-state index in [1.54, 1.807) is 43.5 Å². The Morgan fingerprint density at radius 3 is 2.24 bits per heavy atom. The zero-order valence-corrected chi connectivity index (χ0v) is 14.1. The summed E-state index contributed by atoms with van der Waals surface area (Å²) in [6.45, 7) is -1.97. The van der Waals surface area contributed by atoms with E-state index in [4.69, 9.17) is 4.74 Å². The molecule has 0 aliphatic heterocycles. The van der Waals surface area contributed by atoms with Gasteiger partial charge < -0.3 is 19.7 Å². The number of nitrogens with one attached hydrogen (secondary N) is 2. The van der Waals surface area contributed by atoms with Crippen LogP contribution in [-0.2, 0) is 11.3 Å². The number of alkyl halides is 2. The van der Waals surface area contributed by atoms with Crippen LogP contribution in [0.2, 0.25) is 0 Å². The maximum atomic E-state index is 12.1. The highest BCUT2D eigenvalue weighted by molar-refractivity contribution is 5.91. The second-order valence-corrected chi connectivity index (χ2v) is 5.61. The minimum Gasteiger partial charge on any atom is -0.497 e. The van der Waals surface area contributed by atoms with E-state index in [-0.39, 0.29) is 18.2 Å². The van der Waals surface area contributed by atoms with Crippen LogP contribution in [0.15, 0.2) is 48.5 Å². The maximum absolute atomic E-state index is 12.1. The summed E-state index contributed by atoms with van der Waals surface area (Å²) in [7, 11) is 3.47. The quantitative estimate of drug-likeness (QED) is 0.764. The molecule has 0 bridgehead atoms. The molecule has 1 atom stereocenters. The lowest BCUT2D eigenvalue weighted by Crippen LogP contribution is -3.08. The Bertz CT molecular complexity index is 676. The number of halogens is 2. The first-order chi connectivity index (χ1) is 12.0. The van der Waals surface area contributed by atoms with Gasteiger partial charge in [0.25, 0.3) is 5.91 Å². The van der Waals surface area contributed by atoms with Gasteiger partial charge in [-0.3, -0.25) is 4.79 Å². The lowest BCUT2D eigenvalue weighted by Gasteiger charge is -2.14. The molecule has 0 aromatic heterocycles. The van der Waals surface area contributed by atoms with Crippen LogP contribution in [0.3, 0.4) is 0 Å². The Labute approximate surface area is 145 Å². The van der Waals surface area contributed by atoms with Crippen molar-refractivity contribution in [1.29, 1.82) is 0 Å². The number of methoxy groups -OCH3 is 1. The van der Waals surface area contributed by atoms with Gasteiger partial charge in [0.05, 0.1) is 14.2 Å². The normalized spacial score (nSPS) is 11.9. The van der Waals surface area contributed by atoms with Gasteiger partial charge in [0.15, 0.2) is 6.54 Å². The number of hydrogen-bond acceptors (Lipinski definition) is 3. The molecule has 0 heterocycles. The minimum atomic E-state index is -2.83. The number of carbonyl (C=O) groups is 1. The van der Waals surface area contributed by atoms with Crippen molar-refractivity contribution in [2.24, 2.45) is 0 Å². The third kappa shape index (κ3) is 6.39. The first kappa shape index (κ1) is 18.7. The predicted molar refractivity (Wildman–Crippen MR) is 90.2 cm³/mol. The van der Waals surface area contributed by atoms with Crippen molar-refractivity contribution in [3.63, 3.8) is 0 Å². The van der Waals surface area contributed by atoms with Crippen LogP contribution in [-0.4, -0.2) is 33.2 Å². The highest BCUT2D eigenvalue weighted by Crippen LogP contribution is 2.15. The van der Waals surface area contributed by atoms with Gasteiger partial charge >= 0.3 is 6.61 Å². The van der Waals surface area contributed by atoms with Gasteiger partial charge in [-0.15, -0.1) is 0 Å². The molecule has 2 N–H and O–H groups in total. The average Bonchev–Trinajstić information content (AvgIpc) is 2.56. The van der Waals surface area contributed by atoms with Crippen LogP contribution in [0.25, 0.3) is 0 Å². The van der Waals surface area contributed by atoms with Crippen molar-refractivity contribution >= 4 is 11.6 Å². The van der Waals surface area contributed by atoms with E-state index in [0.717, 1.165) is 16.2 Å². The van der Waals surface area contributed by atoms with Crippen molar-refractivity contribution in [2.75, 3.05) is 26.0 Å². The van der Waals surface area contributed by atoms with Gasteiger partial charge in [-0.25, -0.2) is 0 Å². The number of anilines is 1. The van der Waals surface area contributed by atoms with Crippen molar-refractivity contribution < 1.29 is 27.9 Å². The fraction of sp³-hybridized carbons (Fsp3) is 0.278. The molecule has 2 rings (SSSR count). The van der Waals surface area contributed by atoms with Crippen LogP contribution >= 0.6 is 0 Å². The molecule has 1 unspecified atom stereocenters. The molecule has 0 spiro atoms. The highest BCUT2D eigenvalue weighted by Gasteiger charge is 2.11. The number of quaternary nitrogens is 1. The number of hydrogen-bond donors (Lipinski definition) is 2. The second-order valence-electron chi connectivity index (χ2n) is 5.61. The maximum Gasteiger partial charge on any atom is 0.387 e. The predicted octanol–water partition coefficient (Wildman–Crippen LogP) is 1.95. The summed E-state index contributed by atoms with van der Waals surface area (Å²) in [5.41, 5.74) is 1.63. The molecular formula is C18H21F2N2O3+. The van der Waals surface area contributed by atoms with Gasteiger partial charge in [0.1, 0.15) is 18.0 Å². The van der Waals surface area contributed by atoms with E-state index >= 15 is 0 Å². The van der Waals surface area contributed by atoms with Crippen molar-refractivity contribution in [2.45, 2.75) is 13.2 Å². The van der Waals surface area contributed by atoms with E-state index in [0.29, 0.717) is 12.2 Å². The SMILES string of the molecule is COc1ccc(NC(=O)C[NH+](C)Cc2ccc(OC(F)F)cc2)cc1. The lowest BCUT2D eigenvalue weighted by molar-refractivity contribution is -0.885. The summed E-state index contributed by atoms with van der Waals surface area (Å²) in [4.78, 5) is 13.0. The van der Waals surface area contributed by atoms with Crippen LogP contribution < -0.4 is 19.7 Å². The summed E-state index contributed by atoms with van der Waals surface area (Å²) in [5, 5.41) is 2.82. The summed E-state index contributed by atoms with van der Waals surface area (Å²) < 4.78 is 33.6. The molecule has 0 saturated carbocycles. The fourth-order valence-corrected chi connectivity index (χ4v) is 2.35. The Morgan fingerprint density at radius 1 is 1.08 bits per heavy atom. The molecule has 134 valence electrons. The summed E-state index contributed by atoms with van der Waals surface area (Å²) in [6, 6.07) is 13.5. The highest BCUT2D eigenvalue weighted by atomic mass is 19.3. The molecule has 2 aromatic rings. The molecule has 7 heteroatoms. The van der Waals surface area contributed by atoms with Crippen molar-refractivity contribution in [3.8, 4) is 11.5 Å². The van der Waals surface area contributed by atoms with Gasteiger partial charge in [0, 0.05) is 11.3 Å². The standard InChI is InChI=1S/C18H20F2N2O3/c1-22(11-13-3-7-16(8-4-13)25-18(19)20)12-17(23)21-14-5-9-15(24-2)10-6-14/h3-10,18H,11-12H2,1-2H3,(H,21,23)/p+1. The van der Waals surface area contributed by atoms with Gasteiger partial charge in [-0.2, -0.15) is 8.78 Å². The monoisotopic (exact) mass is 351 g/mol. The Hall–Kier alpha value is -2.67. The second kappa shape index (κ2) is 8.98. The third-order valence-electron chi connectivity index (χ3n) is 3.49. The summed E-state index contributed by atoms with van der Waals surface area (Å²) >= 11 is 0.